The minimum atomic E-state index is -0.577. The van der Waals surface area contributed by atoms with Gasteiger partial charge in [0.1, 0.15) is 11.6 Å². The van der Waals surface area contributed by atoms with Crippen LogP contribution in [0.25, 0.3) is 0 Å². The van der Waals surface area contributed by atoms with E-state index in [2.05, 4.69) is 0 Å². The normalized spacial score (nSPS) is 14.4. The molecule has 0 radical (unpaired) electrons. The number of hydrogen-bond acceptors (Lipinski definition) is 2. The maximum atomic E-state index is 13.5. The molecule has 0 spiro atoms. The number of Topliss-reactive ketones (excluding diaryl/α,β-unsaturated/α-hetero) is 1. The maximum Gasteiger partial charge on any atom is 0.144 e. The van der Waals surface area contributed by atoms with E-state index in [0.29, 0.717) is 17.0 Å². The minimum absolute atomic E-state index is 0.0382. The number of hydrogen-bond donors (Lipinski definition) is 1. The van der Waals surface area contributed by atoms with Crippen LogP contribution in [0.5, 0.6) is 0 Å². The number of rotatable bonds is 5. The summed E-state index contributed by atoms with van der Waals surface area (Å²) in [7, 11) is 0. The Balaban J connectivity index is 2.88. The molecule has 0 saturated heterocycles. The van der Waals surface area contributed by atoms with Crippen molar-refractivity contribution in [3.8, 4) is 0 Å². The summed E-state index contributed by atoms with van der Waals surface area (Å²) in [6, 6.07) is 4.34. The topological polar surface area (TPSA) is 43.1 Å². The zero-order valence-electron chi connectivity index (χ0n) is 10.1. The molecule has 0 bridgehead atoms. The number of benzene rings is 1. The highest BCUT2D eigenvalue weighted by Gasteiger charge is 2.29. The third-order valence-electron chi connectivity index (χ3n) is 3.27. The number of ketones is 1. The van der Waals surface area contributed by atoms with Gasteiger partial charge in [-0.25, -0.2) is 4.39 Å². The first-order valence-corrected chi connectivity index (χ1v) is 5.98. The second-order valence-electron chi connectivity index (χ2n) is 4.45. The van der Waals surface area contributed by atoms with Gasteiger partial charge in [0.2, 0.25) is 0 Å². The third kappa shape index (κ3) is 3.27. The van der Waals surface area contributed by atoms with E-state index in [1.165, 1.54) is 6.07 Å². The van der Waals surface area contributed by atoms with Crippen LogP contribution in [0.15, 0.2) is 18.2 Å². The molecule has 2 N–H and O–H groups in total. The van der Waals surface area contributed by atoms with E-state index in [1.54, 1.807) is 12.1 Å². The van der Waals surface area contributed by atoms with Gasteiger partial charge in [-0.2, -0.15) is 0 Å². The average molecular weight is 258 g/mol. The summed E-state index contributed by atoms with van der Waals surface area (Å²) >= 11 is 5.65. The molecule has 1 atom stereocenters. The van der Waals surface area contributed by atoms with Crippen molar-refractivity contribution in [2.75, 3.05) is 6.54 Å². The Morgan fingerprint density at radius 3 is 2.65 bits per heavy atom. The first kappa shape index (κ1) is 14.1. The van der Waals surface area contributed by atoms with E-state index in [9.17, 15) is 9.18 Å². The van der Waals surface area contributed by atoms with Gasteiger partial charge in [0, 0.05) is 23.4 Å². The molecule has 94 valence electrons. The largest absolute Gasteiger partial charge is 0.329 e. The van der Waals surface area contributed by atoms with Gasteiger partial charge in [0.25, 0.3) is 0 Å². The molecule has 1 aromatic carbocycles. The monoisotopic (exact) mass is 257 g/mol. The van der Waals surface area contributed by atoms with E-state index in [1.807, 2.05) is 13.8 Å². The highest BCUT2D eigenvalue weighted by molar-refractivity contribution is 6.30. The molecule has 1 unspecified atom stereocenters. The zero-order chi connectivity index (χ0) is 13.1. The lowest BCUT2D eigenvalue weighted by Gasteiger charge is -2.24. The second kappa shape index (κ2) is 5.61. The molecule has 0 aromatic heterocycles. The zero-order valence-corrected chi connectivity index (χ0v) is 10.9. The Hall–Kier alpha value is -0.930. The highest BCUT2D eigenvalue weighted by Crippen LogP contribution is 2.24. The molecular formula is C13H17ClFNO. The van der Waals surface area contributed by atoms with Crippen LogP contribution < -0.4 is 5.73 Å². The summed E-state index contributed by atoms with van der Waals surface area (Å²) in [4.78, 5) is 12.1. The van der Waals surface area contributed by atoms with Crippen molar-refractivity contribution in [1.29, 1.82) is 0 Å². The average Bonchev–Trinajstić information content (AvgIpc) is 2.31. The van der Waals surface area contributed by atoms with Crippen molar-refractivity contribution in [1.82, 2.24) is 0 Å². The van der Waals surface area contributed by atoms with Gasteiger partial charge in [0.15, 0.2) is 0 Å². The van der Waals surface area contributed by atoms with Gasteiger partial charge >= 0.3 is 0 Å². The summed E-state index contributed by atoms with van der Waals surface area (Å²) in [6.45, 7) is 3.99. The molecule has 4 heteroatoms. The van der Waals surface area contributed by atoms with E-state index in [4.69, 9.17) is 17.3 Å². The lowest BCUT2D eigenvalue weighted by molar-refractivity contribution is -0.127. The Labute approximate surface area is 106 Å². The van der Waals surface area contributed by atoms with Crippen molar-refractivity contribution in [2.24, 2.45) is 11.1 Å². The molecule has 0 aliphatic carbocycles. The van der Waals surface area contributed by atoms with Crippen LogP contribution in [0.1, 0.15) is 25.8 Å². The molecule has 1 rings (SSSR count). The number of carbonyl (C=O) groups excluding carboxylic acids is 1. The molecule has 2 nitrogen and oxygen atoms in total. The fourth-order valence-electron chi connectivity index (χ4n) is 1.51. The number of carbonyl (C=O) groups is 1. The van der Waals surface area contributed by atoms with Gasteiger partial charge in [0.05, 0.1) is 0 Å². The summed E-state index contributed by atoms with van der Waals surface area (Å²) in [6.07, 6.45) is 0.710. The van der Waals surface area contributed by atoms with Gasteiger partial charge in [-0.15, -0.1) is 0 Å². The van der Waals surface area contributed by atoms with E-state index >= 15 is 0 Å². The van der Waals surface area contributed by atoms with Crippen molar-refractivity contribution < 1.29 is 9.18 Å². The Morgan fingerprint density at radius 1 is 1.53 bits per heavy atom. The fraction of sp³-hybridized carbons (Fsp3) is 0.462. The Bertz CT molecular complexity index is 416. The lowest BCUT2D eigenvalue weighted by Crippen LogP contribution is -2.36. The molecule has 0 heterocycles. The Morgan fingerprint density at radius 2 is 2.18 bits per heavy atom. The van der Waals surface area contributed by atoms with Gasteiger partial charge < -0.3 is 5.73 Å². The van der Waals surface area contributed by atoms with E-state index < -0.39 is 11.2 Å². The van der Waals surface area contributed by atoms with Crippen molar-refractivity contribution in [3.05, 3.63) is 34.6 Å². The SMILES string of the molecule is CCC(C)(CN)C(=O)Cc1ccc(Cl)cc1F. The van der Waals surface area contributed by atoms with Gasteiger partial charge in [-0.3, -0.25) is 4.79 Å². The lowest BCUT2D eigenvalue weighted by atomic mass is 9.80. The molecule has 1 aromatic rings. The van der Waals surface area contributed by atoms with Crippen LogP contribution in [-0.4, -0.2) is 12.3 Å². The van der Waals surface area contributed by atoms with Crippen LogP contribution in [0.4, 0.5) is 4.39 Å². The Kier molecular flexibility index (Phi) is 4.66. The molecule has 0 fully saturated rings. The van der Waals surface area contributed by atoms with Crippen molar-refractivity contribution >= 4 is 17.4 Å². The number of nitrogens with two attached hydrogens (primary N) is 1. The minimum Gasteiger partial charge on any atom is -0.329 e. The first-order chi connectivity index (χ1) is 7.92. The third-order valence-corrected chi connectivity index (χ3v) is 3.51. The maximum absolute atomic E-state index is 13.5. The van der Waals surface area contributed by atoms with Crippen LogP contribution in [0.2, 0.25) is 5.02 Å². The van der Waals surface area contributed by atoms with Gasteiger partial charge in [-0.05, 0) is 24.1 Å². The summed E-state index contributed by atoms with van der Waals surface area (Å²) in [5, 5.41) is 0.329. The molecule has 0 saturated carbocycles. The van der Waals surface area contributed by atoms with Crippen LogP contribution in [0.3, 0.4) is 0 Å². The predicted octanol–water partition coefficient (Wildman–Crippen LogP) is 2.97. The quantitative estimate of drug-likeness (QED) is 0.881. The first-order valence-electron chi connectivity index (χ1n) is 5.60. The summed E-state index contributed by atoms with van der Waals surface area (Å²) < 4.78 is 13.5. The standard InChI is InChI=1S/C13H17ClFNO/c1-3-13(2,8-16)12(17)6-9-4-5-10(14)7-11(9)15/h4-5,7H,3,6,8,16H2,1-2H3. The highest BCUT2D eigenvalue weighted by atomic mass is 35.5. The van der Waals surface area contributed by atoms with E-state index in [0.717, 1.165) is 0 Å². The molecule has 0 aliphatic rings. The molecule has 0 aliphatic heterocycles. The summed E-state index contributed by atoms with van der Waals surface area (Å²) in [5.74, 6) is -0.481. The fourth-order valence-corrected chi connectivity index (χ4v) is 1.67. The smallest absolute Gasteiger partial charge is 0.144 e. The predicted molar refractivity (Wildman–Crippen MR) is 67.6 cm³/mol. The summed E-state index contributed by atoms with van der Waals surface area (Å²) in [5.41, 5.74) is 5.39. The van der Waals surface area contributed by atoms with Crippen LogP contribution >= 0.6 is 11.6 Å². The van der Waals surface area contributed by atoms with Crippen LogP contribution in [0, 0.1) is 11.2 Å². The van der Waals surface area contributed by atoms with Crippen molar-refractivity contribution in [3.63, 3.8) is 0 Å². The molecular weight excluding hydrogens is 241 g/mol. The number of halogens is 2. The molecule has 17 heavy (non-hydrogen) atoms. The van der Waals surface area contributed by atoms with Crippen LogP contribution in [-0.2, 0) is 11.2 Å². The van der Waals surface area contributed by atoms with E-state index in [-0.39, 0.29) is 18.7 Å². The van der Waals surface area contributed by atoms with Gasteiger partial charge in [-0.1, -0.05) is 31.5 Å². The van der Waals surface area contributed by atoms with Crippen molar-refractivity contribution in [2.45, 2.75) is 26.7 Å². The second-order valence-corrected chi connectivity index (χ2v) is 4.89. The molecule has 0 amide bonds.